The van der Waals surface area contributed by atoms with Gasteiger partial charge in [-0.1, -0.05) is 40.2 Å². The third-order valence-corrected chi connectivity index (χ3v) is 5.69. The van der Waals surface area contributed by atoms with Gasteiger partial charge < -0.3 is 10.4 Å². The van der Waals surface area contributed by atoms with Gasteiger partial charge in [-0.15, -0.1) is 0 Å². The number of halogens is 4. The molecule has 140 valence electrons. The summed E-state index contributed by atoms with van der Waals surface area (Å²) < 4.78 is 40.1. The second-order valence-electron chi connectivity index (χ2n) is 6.82. The molecule has 0 spiro atoms. The fraction of sp³-hybridized carbons (Fsp3) is 0.250. The summed E-state index contributed by atoms with van der Waals surface area (Å²) in [6, 6.07) is 8.24. The molecular formula is C20H15BrF3NO2. The molecule has 1 aliphatic heterocycles. The molecule has 2 aromatic carbocycles. The first kappa shape index (κ1) is 18.1. The third-order valence-electron chi connectivity index (χ3n) is 5.24. The molecule has 3 unspecified atom stereocenters. The summed E-state index contributed by atoms with van der Waals surface area (Å²) in [4.78, 5) is 11.7. The number of anilines is 1. The molecule has 0 saturated heterocycles. The summed E-state index contributed by atoms with van der Waals surface area (Å²) in [6.07, 6.45) is 0.316. The van der Waals surface area contributed by atoms with Gasteiger partial charge in [-0.2, -0.15) is 13.2 Å². The van der Waals surface area contributed by atoms with Crippen LogP contribution in [0.3, 0.4) is 0 Å². The molecule has 3 nitrogen and oxygen atoms in total. The quantitative estimate of drug-likeness (QED) is 0.567. The van der Waals surface area contributed by atoms with Crippen LogP contribution in [-0.4, -0.2) is 11.1 Å². The van der Waals surface area contributed by atoms with Gasteiger partial charge in [0, 0.05) is 10.4 Å². The van der Waals surface area contributed by atoms with Crippen LogP contribution in [0, 0.1) is 5.92 Å². The monoisotopic (exact) mass is 437 g/mol. The van der Waals surface area contributed by atoms with Crippen LogP contribution in [0.15, 0.2) is 53.0 Å². The number of carboxylic acid groups (broad SMARTS) is 1. The number of alkyl halides is 3. The highest BCUT2D eigenvalue weighted by Crippen LogP contribution is 2.51. The molecule has 2 aromatic rings. The fourth-order valence-electron chi connectivity index (χ4n) is 4.07. The van der Waals surface area contributed by atoms with Crippen LogP contribution in [0.5, 0.6) is 0 Å². The van der Waals surface area contributed by atoms with E-state index < -0.39 is 23.8 Å². The summed E-state index contributed by atoms with van der Waals surface area (Å²) in [7, 11) is 0. The van der Waals surface area contributed by atoms with Crippen molar-refractivity contribution in [3.8, 4) is 0 Å². The molecule has 1 aliphatic carbocycles. The number of hydrogen-bond donors (Lipinski definition) is 2. The van der Waals surface area contributed by atoms with E-state index in [9.17, 15) is 23.1 Å². The Morgan fingerprint density at radius 2 is 2.00 bits per heavy atom. The molecule has 3 atom stereocenters. The highest BCUT2D eigenvalue weighted by molar-refractivity contribution is 9.10. The normalized spacial score (nSPS) is 23.5. The predicted molar refractivity (Wildman–Crippen MR) is 98.9 cm³/mol. The van der Waals surface area contributed by atoms with Crippen molar-refractivity contribution in [1.29, 1.82) is 0 Å². The van der Waals surface area contributed by atoms with E-state index in [1.807, 2.05) is 18.2 Å². The van der Waals surface area contributed by atoms with Crippen LogP contribution in [0.25, 0.3) is 0 Å². The topological polar surface area (TPSA) is 49.3 Å². The number of fused-ring (bicyclic) bond motifs is 3. The zero-order valence-electron chi connectivity index (χ0n) is 13.9. The molecule has 0 amide bonds. The van der Waals surface area contributed by atoms with Gasteiger partial charge in [-0.3, -0.25) is 0 Å². The molecule has 0 radical (unpaired) electrons. The van der Waals surface area contributed by atoms with Crippen LogP contribution in [0.2, 0.25) is 0 Å². The standard InChI is InChI=1S/C20H15BrF3NO2/c21-12-8-15-13-5-2-6-14(13)17(25-18(15)16(9-12)19(26)27)10-3-1-4-11(7-10)20(22,23)24/h1-5,7-9,13-14,17,25H,6H2,(H,26,27). The lowest BCUT2D eigenvalue weighted by Crippen LogP contribution is -2.30. The van der Waals surface area contributed by atoms with Gasteiger partial charge >= 0.3 is 12.1 Å². The van der Waals surface area contributed by atoms with Gasteiger partial charge in [-0.25, -0.2) is 4.79 Å². The van der Waals surface area contributed by atoms with Crippen molar-refractivity contribution in [1.82, 2.24) is 0 Å². The molecule has 2 N–H and O–H groups in total. The number of hydrogen-bond acceptors (Lipinski definition) is 2. The molecule has 0 aromatic heterocycles. The molecule has 27 heavy (non-hydrogen) atoms. The van der Waals surface area contributed by atoms with E-state index in [0.717, 1.165) is 17.7 Å². The number of allylic oxidation sites excluding steroid dienone is 2. The molecule has 0 saturated carbocycles. The van der Waals surface area contributed by atoms with Crippen LogP contribution in [0.1, 0.15) is 45.4 Å². The summed E-state index contributed by atoms with van der Waals surface area (Å²) in [6.45, 7) is 0. The summed E-state index contributed by atoms with van der Waals surface area (Å²) in [5, 5.41) is 12.8. The molecule has 2 aliphatic rings. The van der Waals surface area contributed by atoms with Crippen molar-refractivity contribution in [3.63, 3.8) is 0 Å². The first-order valence-electron chi connectivity index (χ1n) is 8.43. The Labute approximate surface area is 162 Å². The maximum Gasteiger partial charge on any atom is 0.416 e. The van der Waals surface area contributed by atoms with Crippen LogP contribution in [0.4, 0.5) is 18.9 Å². The Morgan fingerprint density at radius 3 is 2.70 bits per heavy atom. The average Bonchev–Trinajstić information content (AvgIpc) is 3.10. The van der Waals surface area contributed by atoms with Crippen molar-refractivity contribution in [3.05, 3.63) is 75.3 Å². The average molecular weight is 438 g/mol. The Hall–Kier alpha value is -2.28. The number of carboxylic acids is 1. The predicted octanol–water partition coefficient (Wildman–Crippen LogP) is 5.99. The van der Waals surface area contributed by atoms with Gasteiger partial charge in [0.15, 0.2) is 0 Å². The van der Waals surface area contributed by atoms with Crippen molar-refractivity contribution >= 4 is 27.6 Å². The van der Waals surface area contributed by atoms with E-state index >= 15 is 0 Å². The molecule has 0 fully saturated rings. The summed E-state index contributed by atoms with van der Waals surface area (Å²) in [5.41, 5.74) is 1.23. The van der Waals surface area contributed by atoms with E-state index in [1.165, 1.54) is 12.1 Å². The molecular weight excluding hydrogens is 423 g/mol. The first-order chi connectivity index (χ1) is 12.8. The highest BCUT2D eigenvalue weighted by Gasteiger charge is 2.40. The van der Waals surface area contributed by atoms with Crippen molar-refractivity contribution in [2.45, 2.75) is 24.6 Å². The second-order valence-corrected chi connectivity index (χ2v) is 7.74. The minimum atomic E-state index is -4.42. The van der Waals surface area contributed by atoms with E-state index in [2.05, 4.69) is 21.2 Å². The number of carbonyl (C=O) groups is 1. The lowest BCUT2D eigenvalue weighted by atomic mass is 9.76. The summed E-state index contributed by atoms with van der Waals surface area (Å²) in [5.74, 6) is -1.10. The SMILES string of the molecule is O=C(O)c1cc(Br)cc2c1NC(c1cccc(C(F)(F)F)c1)C1CC=CC21. The Bertz CT molecular complexity index is 955. The maximum absolute atomic E-state index is 13.1. The van der Waals surface area contributed by atoms with E-state index in [4.69, 9.17) is 0 Å². The number of aromatic carboxylic acids is 1. The Morgan fingerprint density at radius 1 is 1.22 bits per heavy atom. The lowest BCUT2D eigenvalue weighted by Gasteiger charge is -2.38. The largest absolute Gasteiger partial charge is 0.478 e. The lowest BCUT2D eigenvalue weighted by molar-refractivity contribution is -0.137. The first-order valence-corrected chi connectivity index (χ1v) is 9.22. The van der Waals surface area contributed by atoms with Crippen molar-refractivity contribution in [2.75, 3.05) is 5.32 Å². The summed E-state index contributed by atoms with van der Waals surface area (Å²) >= 11 is 3.36. The van der Waals surface area contributed by atoms with Crippen molar-refractivity contribution in [2.24, 2.45) is 5.92 Å². The van der Waals surface area contributed by atoms with Gasteiger partial charge in [0.25, 0.3) is 0 Å². The van der Waals surface area contributed by atoms with Gasteiger partial charge in [0.2, 0.25) is 0 Å². The zero-order valence-corrected chi connectivity index (χ0v) is 15.5. The van der Waals surface area contributed by atoms with Gasteiger partial charge in [0.1, 0.15) is 0 Å². The van der Waals surface area contributed by atoms with Crippen molar-refractivity contribution < 1.29 is 23.1 Å². The van der Waals surface area contributed by atoms with E-state index in [-0.39, 0.29) is 17.4 Å². The minimum absolute atomic E-state index is 0.0249. The van der Waals surface area contributed by atoms with E-state index in [0.29, 0.717) is 22.1 Å². The fourth-order valence-corrected chi connectivity index (χ4v) is 4.55. The second kappa shape index (κ2) is 6.41. The molecule has 0 bridgehead atoms. The number of nitrogens with one attached hydrogen (secondary N) is 1. The molecule has 7 heteroatoms. The van der Waals surface area contributed by atoms with Gasteiger partial charge in [-0.05, 0) is 47.7 Å². The Kier molecular flexibility index (Phi) is 4.29. The number of rotatable bonds is 2. The molecule has 1 heterocycles. The van der Waals surface area contributed by atoms with E-state index in [1.54, 1.807) is 6.07 Å². The van der Waals surface area contributed by atoms with Crippen LogP contribution < -0.4 is 5.32 Å². The highest BCUT2D eigenvalue weighted by atomic mass is 79.9. The third kappa shape index (κ3) is 3.14. The van der Waals surface area contributed by atoms with Crippen LogP contribution in [-0.2, 0) is 6.18 Å². The Balaban J connectivity index is 1.84. The smallest absolute Gasteiger partial charge is 0.416 e. The van der Waals surface area contributed by atoms with Crippen LogP contribution >= 0.6 is 15.9 Å². The van der Waals surface area contributed by atoms with Gasteiger partial charge in [0.05, 0.1) is 22.9 Å². The zero-order chi connectivity index (χ0) is 19.3. The minimum Gasteiger partial charge on any atom is -0.478 e. The molecule has 4 rings (SSSR count). The maximum atomic E-state index is 13.1. The number of benzene rings is 2.